The Bertz CT molecular complexity index is 1740. The maximum atomic E-state index is 15.2. The molecular weight excluding hydrogens is 612 g/mol. The van der Waals surface area contributed by atoms with Gasteiger partial charge in [0.25, 0.3) is 0 Å². The van der Waals surface area contributed by atoms with Crippen LogP contribution in [0.15, 0.2) is 48.8 Å². The topological polar surface area (TPSA) is 131 Å². The van der Waals surface area contributed by atoms with Gasteiger partial charge in [0.15, 0.2) is 18.1 Å². The highest BCUT2D eigenvalue weighted by atomic mass is 19.4. The first-order chi connectivity index (χ1) is 22.1. The zero-order valence-electron chi connectivity index (χ0n) is 24.3. The molecule has 2 saturated heterocycles. The van der Waals surface area contributed by atoms with Gasteiger partial charge in [-0.25, -0.2) is 19.2 Å². The van der Waals surface area contributed by atoms with Crippen LogP contribution in [-0.4, -0.2) is 79.2 Å². The number of benzene rings is 1. The molecule has 16 heteroatoms. The molecule has 2 bridgehead atoms. The predicted octanol–water partition coefficient (Wildman–Crippen LogP) is 4.53. The van der Waals surface area contributed by atoms with E-state index < -0.39 is 36.2 Å². The summed E-state index contributed by atoms with van der Waals surface area (Å²) in [5.74, 6) is 1.92. The fourth-order valence-corrected chi connectivity index (χ4v) is 6.62. The Labute approximate surface area is 259 Å². The molecule has 1 aromatic carbocycles. The van der Waals surface area contributed by atoms with Crippen molar-refractivity contribution in [2.75, 3.05) is 25.0 Å². The molecule has 9 rings (SSSR count). The molecule has 0 unspecified atom stereocenters. The van der Waals surface area contributed by atoms with Crippen molar-refractivity contribution in [3.63, 3.8) is 0 Å². The highest BCUT2D eigenvalue weighted by Crippen LogP contribution is 2.57. The Kier molecular flexibility index (Phi) is 6.83. The number of nitrogens with zero attached hydrogens (tertiary/aromatic N) is 5. The van der Waals surface area contributed by atoms with E-state index >= 15 is 4.39 Å². The lowest BCUT2D eigenvalue weighted by Gasteiger charge is -2.61. The van der Waals surface area contributed by atoms with Gasteiger partial charge in [-0.1, -0.05) is 0 Å². The van der Waals surface area contributed by atoms with E-state index in [2.05, 4.69) is 35.7 Å². The number of hydrogen-bond acceptors (Lipinski definition) is 9. The van der Waals surface area contributed by atoms with Gasteiger partial charge >= 0.3 is 12.3 Å². The summed E-state index contributed by atoms with van der Waals surface area (Å²) < 4.78 is 72.2. The van der Waals surface area contributed by atoms with Crippen LogP contribution < -0.4 is 15.4 Å². The second-order valence-corrected chi connectivity index (χ2v) is 12.5. The summed E-state index contributed by atoms with van der Waals surface area (Å²) in [5.41, 5.74) is 0.967. The quantitative estimate of drug-likeness (QED) is 0.226. The summed E-state index contributed by atoms with van der Waals surface area (Å²) in [6.45, 7) is 1.68. The first kappa shape index (κ1) is 29.0. The van der Waals surface area contributed by atoms with Gasteiger partial charge in [0.1, 0.15) is 23.6 Å². The van der Waals surface area contributed by atoms with Crippen LogP contribution in [0.5, 0.6) is 5.75 Å². The van der Waals surface area contributed by atoms with E-state index in [0.29, 0.717) is 54.4 Å². The lowest BCUT2D eigenvalue weighted by Crippen LogP contribution is -2.68. The summed E-state index contributed by atoms with van der Waals surface area (Å²) in [4.78, 5) is 23.5. The van der Waals surface area contributed by atoms with E-state index in [1.807, 2.05) is 6.20 Å². The molecule has 3 N–H and O–H groups in total. The molecule has 2 aliphatic heterocycles. The maximum Gasteiger partial charge on any atom is 0.416 e. The number of alkyl carbamates (subject to hydrolysis) is 1. The number of amides is 1. The zero-order chi connectivity index (χ0) is 31.6. The van der Waals surface area contributed by atoms with Crippen molar-refractivity contribution in [1.29, 1.82) is 0 Å². The summed E-state index contributed by atoms with van der Waals surface area (Å²) in [5, 5.41) is 13.0. The molecule has 46 heavy (non-hydrogen) atoms. The Balaban J connectivity index is 0.850. The molecule has 5 heterocycles. The molecule has 4 aromatic rings. The van der Waals surface area contributed by atoms with Gasteiger partial charge in [-0.15, -0.1) is 0 Å². The fraction of sp³-hybridized carbons (Fsp3) is 0.467. The molecule has 12 nitrogen and oxygen atoms in total. The number of aromatic amines is 1. The number of carbonyl (C=O) groups excluding carboxylic acids is 1. The van der Waals surface area contributed by atoms with Crippen LogP contribution in [0.4, 0.5) is 34.1 Å². The van der Waals surface area contributed by atoms with E-state index in [0.717, 1.165) is 37.1 Å². The Morgan fingerprint density at radius 2 is 1.93 bits per heavy atom. The minimum Gasteiger partial charge on any atom is -0.488 e. The number of H-pyrrole nitrogens is 1. The monoisotopic (exact) mass is 642 g/mol. The number of aromatic nitrogens is 5. The van der Waals surface area contributed by atoms with Crippen LogP contribution in [0, 0.1) is 5.92 Å². The first-order valence-electron chi connectivity index (χ1n) is 15.1. The molecular formula is C30H30F4N8O4. The van der Waals surface area contributed by atoms with Gasteiger partial charge in [-0.3, -0.25) is 14.4 Å². The zero-order valence-corrected chi connectivity index (χ0v) is 24.3. The Hall–Kier alpha value is -4.44. The van der Waals surface area contributed by atoms with E-state index in [9.17, 15) is 18.0 Å². The average Bonchev–Trinajstić information content (AvgIpc) is 3.68. The number of ether oxygens (including phenoxy) is 3. The average molecular weight is 643 g/mol. The number of imidazole rings is 1. The molecule has 1 amide bonds. The molecule has 3 aromatic heterocycles. The van der Waals surface area contributed by atoms with Crippen LogP contribution in [-0.2, 0) is 22.2 Å². The number of carbonyl (C=O) groups is 1. The van der Waals surface area contributed by atoms with Gasteiger partial charge in [-0.2, -0.15) is 18.3 Å². The first-order valence-corrected chi connectivity index (χ1v) is 15.1. The van der Waals surface area contributed by atoms with E-state index in [-0.39, 0.29) is 18.2 Å². The number of anilines is 2. The lowest BCUT2D eigenvalue weighted by molar-refractivity contribution is -0.137. The maximum absolute atomic E-state index is 15.2. The van der Waals surface area contributed by atoms with Gasteiger partial charge in [0.05, 0.1) is 23.6 Å². The number of likely N-dealkylation sites (tertiary alicyclic amines) is 1. The number of hydrogen-bond donors (Lipinski definition) is 3. The fourth-order valence-electron chi connectivity index (χ4n) is 6.62. The summed E-state index contributed by atoms with van der Waals surface area (Å²) in [6, 6.07) is 8.07. The van der Waals surface area contributed by atoms with E-state index in [1.165, 1.54) is 12.1 Å². The largest absolute Gasteiger partial charge is 0.488 e. The van der Waals surface area contributed by atoms with Crippen molar-refractivity contribution < 1.29 is 36.6 Å². The van der Waals surface area contributed by atoms with Gasteiger partial charge < -0.3 is 24.8 Å². The van der Waals surface area contributed by atoms with Crippen molar-refractivity contribution in [1.82, 2.24) is 34.8 Å². The smallest absolute Gasteiger partial charge is 0.416 e. The third-order valence-electron chi connectivity index (χ3n) is 9.12. The normalized spacial score (nSPS) is 27.5. The van der Waals surface area contributed by atoms with Crippen molar-refractivity contribution >= 4 is 23.5 Å². The SMILES string of the molecule is O=C(NC12CC(C1)C2)O[C@H]1CO[C@@H](c2cc(Nc3nccc4nc(CN5CC(Oc6ccc(C(F)(F)F)cc6)C5)cn34)n[nH]2)[C@H]1F. The van der Waals surface area contributed by atoms with Crippen molar-refractivity contribution in [3.05, 3.63) is 65.7 Å². The van der Waals surface area contributed by atoms with Gasteiger partial charge in [0, 0.05) is 43.6 Å². The van der Waals surface area contributed by atoms with Crippen LogP contribution in [0.3, 0.4) is 0 Å². The summed E-state index contributed by atoms with van der Waals surface area (Å²) in [7, 11) is 0. The van der Waals surface area contributed by atoms with Gasteiger partial charge in [-0.05, 0) is 55.5 Å². The number of halogens is 4. The number of nitrogens with one attached hydrogen (secondary N) is 3. The van der Waals surface area contributed by atoms with Crippen LogP contribution >= 0.6 is 0 Å². The van der Waals surface area contributed by atoms with Crippen molar-refractivity contribution in [3.8, 4) is 5.75 Å². The number of alkyl halides is 4. The van der Waals surface area contributed by atoms with Crippen LogP contribution in [0.25, 0.3) is 5.65 Å². The number of fused-ring (bicyclic) bond motifs is 1. The second-order valence-electron chi connectivity index (χ2n) is 12.5. The number of rotatable bonds is 9. The third kappa shape index (κ3) is 5.48. The Morgan fingerprint density at radius 3 is 2.65 bits per heavy atom. The molecule has 3 atom stereocenters. The molecule has 242 valence electrons. The predicted molar refractivity (Wildman–Crippen MR) is 153 cm³/mol. The van der Waals surface area contributed by atoms with Crippen molar-refractivity contribution in [2.45, 2.75) is 62.0 Å². The molecule has 3 aliphatic carbocycles. The van der Waals surface area contributed by atoms with Gasteiger partial charge in [0.2, 0.25) is 5.95 Å². The molecule has 5 aliphatic rings. The molecule has 0 spiro atoms. The Morgan fingerprint density at radius 1 is 1.15 bits per heavy atom. The van der Waals surface area contributed by atoms with E-state index in [1.54, 1.807) is 22.7 Å². The summed E-state index contributed by atoms with van der Waals surface area (Å²) in [6.07, 6.45) is -2.34. The van der Waals surface area contributed by atoms with Crippen molar-refractivity contribution in [2.24, 2.45) is 5.92 Å². The standard InChI is InChI=1S/C30H30F4N8O4/c31-25-22(46-28(43)38-29-8-16(9-29)10-29)15-44-26(25)21-7-23(40-39-21)37-27-35-6-5-24-36-18(12-42(24)27)11-41-13-20(14-41)45-19-3-1-17(2-4-19)30(32,33)34/h1-7,12,16,20,22,25-26H,8-11,13-15H2,(H,38,43)(H2,35,37,39,40)/t16?,22-,25-,26-,29?/m0/s1. The van der Waals surface area contributed by atoms with E-state index in [4.69, 9.17) is 14.2 Å². The van der Waals surface area contributed by atoms with Crippen LogP contribution in [0.2, 0.25) is 0 Å². The second kappa shape index (κ2) is 10.8. The minimum atomic E-state index is -4.38. The molecule has 0 radical (unpaired) electrons. The lowest BCUT2D eigenvalue weighted by atomic mass is 9.50. The third-order valence-corrected chi connectivity index (χ3v) is 9.12. The highest BCUT2D eigenvalue weighted by molar-refractivity contribution is 5.69. The minimum absolute atomic E-state index is 0.0612. The summed E-state index contributed by atoms with van der Waals surface area (Å²) >= 11 is 0. The van der Waals surface area contributed by atoms with Crippen LogP contribution in [0.1, 0.15) is 42.3 Å². The molecule has 3 saturated carbocycles. The molecule has 5 fully saturated rings. The highest BCUT2D eigenvalue weighted by Gasteiger charge is 2.58.